The molecule has 1 fully saturated rings. The third-order valence-electron chi connectivity index (χ3n) is 6.36. The first-order valence-electron chi connectivity index (χ1n) is 11.7. The SMILES string of the molecule is CC(C)Oc1ccc(S(=O)(=O)N2CCC(c3cn(CC(=O)O)c4cc(-c5cnco5)ccc34)C2)cc1. The number of hydrogen-bond acceptors (Lipinski definition) is 6. The third-order valence-corrected chi connectivity index (χ3v) is 8.24. The lowest BCUT2D eigenvalue weighted by molar-refractivity contribution is -0.137. The van der Waals surface area contributed by atoms with Crippen molar-refractivity contribution in [2.45, 2.75) is 43.7 Å². The van der Waals surface area contributed by atoms with Crippen LogP contribution in [0, 0.1) is 0 Å². The molecule has 5 rings (SSSR count). The maximum absolute atomic E-state index is 13.3. The van der Waals surface area contributed by atoms with Crippen molar-refractivity contribution in [3.05, 3.63) is 66.8 Å². The van der Waals surface area contributed by atoms with Gasteiger partial charge in [-0.25, -0.2) is 13.4 Å². The quantitative estimate of drug-likeness (QED) is 0.376. The number of ether oxygens (including phenoxy) is 1. The fourth-order valence-corrected chi connectivity index (χ4v) is 6.25. The maximum Gasteiger partial charge on any atom is 0.323 e. The van der Waals surface area contributed by atoms with E-state index < -0.39 is 16.0 Å². The number of aliphatic carboxylic acids is 1. The van der Waals surface area contributed by atoms with Crippen molar-refractivity contribution in [2.24, 2.45) is 0 Å². The van der Waals surface area contributed by atoms with Gasteiger partial charge in [0.2, 0.25) is 10.0 Å². The Bertz CT molecular complexity index is 1490. The molecule has 9 nitrogen and oxygen atoms in total. The molecular formula is C26H27N3O6S. The molecule has 10 heteroatoms. The van der Waals surface area contributed by atoms with Gasteiger partial charge in [-0.1, -0.05) is 12.1 Å². The van der Waals surface area contributed by atoms with Crippen LogP contribution in [0.5, 0.6) is 5.75 Å². The zero-order valence-corrected chi connectivity index (χ0v) is 20.8. The minimum absolute atomic E-state index is 0.00174. The molecule has 4 aromatic rings. The number of fused-ring (bicyclic) bond motifs is 1. The highest BCUT2D eigenvalue weighted by Crippen LogP contribution is 2.37. The van der Waals surface area contributed by atoms with Gasteiger partial charge in [-0.2, -0.15) is 4.31 Å². The van der Waals surface area contributed by atoms with Gasteiger partial charge in [-0.05, 0) is 56.2 Å². The molecule has 0 aliphatic carbocycles. The number of carboxylic acid groups (broad SMARTS) is 1. The zero-order valence-electron chi connectivity index (χ0n) is 20.0. The highest BCUT2D eigenvalue weighted by molar-refractivity contribution is 7.89. The number of benzene rings is 2. The summed E-state index contributed by atoms with van der Waals surface area (Å²) in [6.45, 7) is 4.34. The van der Waals surface area contributed by atoms with Gasteiger partial charge in [0.1, 0.15) is 12.3 Å². The van der Waals surface area contributed by atoms with Crippen LogP contribution in [0.15, 0.2) is 70.6 Å². The van der Waals surface area contributed by atoms with E-state index in [1.54, 1.807) is 35.0 Å². The lowest BCUT2D eigenvalue weighted by atomic mass is 9.97. The summed E-state index contributed by atoms with van der Waals surface area (Å²) in [6.07, 6.45) is 5.43. The van der Waals surface area contributed by atoms with E-state index in [1.807, 2.05) is 38.2 Å². The van der Waals surface area contributed by atoms with Gasteiger partial charge >= 0.3 is 5.97 Å². The average Bonchev–Trinajstić information content (AvgIpc) is 3.59. The molecule has 1 aliphatic heterocycles. The Hall–Kier alpha value is -3.63. The van der Waals surface area contributed by atoms with Crippen LogP contribution in [0.25, 0.3) is 22.2 Å². The molecule has 0 amide bonds. The Morgan fingerprint density at radius 2 is 2.00 bits per heavy atom. The topological polar surface area (TPSA) is 115 Å². The lowest BCUT2D eigenvalue weighted by Gasteiger charge is -2.17. The standard InChI is InChI=1S/C26H27N3O6S/c1-17(2)35-20-4-6-21(7-5-20)36(32,33)29-10-9-19(13-29)23-14-28(15-26(30)31)24-11-18(3-8-22(23)24)25-12-27-16-34-25/h3-8,11-12,14,16-17,19H,9-10,13,15H2,1-2H3,(H,30,31). The summed E-state index contributed by atoms with van der Waals surface area (Å²) in [7, 11) is -3.67. The number of rotatable bonds is 8. The predicted molar refractivity (Wildman–Crippen MR) is 133 cm³/mol. The second kappa shape index (κ2) is 9.44. The van der Waals surface area contributed by atoms with Crippen molar-refractivity contribution in [3.8, 4) is 17.1 Å². The number of oxazole rings is 1. The Balaban J connectivity index is 1.43. The summed E-state index contributed by atoms with van der Waals surface area (Å²) in [6, 6.07) is 12.2. The molecule has 1 aliphatic rings. The second-order valence-corrected chi connectivity index (χ2v) is 11.1. The van der Waals surface area contributed by atoms with Gasteiger partial charge in [0.15, 0.2) is 12.2 Å². The van der Waals surface area contributed by atoms with Crippen LogP contribution in [0.3, 0.4) is 0 Å². The van der Waals surface area contributed by atoms with E-state index >= 15 is 0 Å². The van der Waals surface area contributed by atoms with E-state index in [4.69, 9.17) is 9.15 Å². The van der Waals surface area contributed by atoms with Crippen LogP contribution in [0.2, 0.25) is 0 Å². The molecule has 1 N–H and O–H groups in total. The first kappa shape index (κ1) is 24.1. The van der Waals surface area contributed by atoms with Gasteiger partial charge in [0.05, 0.1) is 17.2 Å². The van der Waals surface area contributed by atoms with E-state index in [1.165, 1.54) is 10.7 Å². The van der Waals surface area contributed by atoms with Gasteiger partial charge < -0.3 is 18.8 Å². The van der Waals surface area contributed by atoms with E-state index in [0.29, 0.717) is 31.0 Å². The first-order chi connectivity index (χ1) is 17.2. The fourth-order valence-electron chi connectivity index (χ4n) is 4.75. The summed E-state index contributed by atoms with van der Waals surface area (Å²) in [5.41, 5.74) is 2.48. The van der Waals surface area contributed by atoms with Crippen molar-refractivity contribution in [1.29, 1.82) is 0 Å². The van der Waals surface area contributed by atoms with Gasteiger partial charge in [0.25, 0.3) is 0 Å². The smallest absolute Gasteiger partial charge is 0.323 e. The van der Waals surface area contributed by atoms with Crippen LogP contribution in [-0.2, 0) is 21.4 Å². The van der Waals surface area contributed by atoms with Crippen LogP contribution < -0.4 is 4.74 Å². The molecule has 0 bridgehead atoms. The van der Waals surface area contributed by atoms with E-state index in [-0.39, 0.29) is 23.5 Å². The van der Waals surface area contributed by atoms with Crippen molar-refractivity contribution in [1.82, 2.24) is 13.9 Å². The van der Waals surface area contributed by atoms with Crippen LogP contribution >= 0.6 is 0 Å². The monoisotopic (exact) mass is 509 g/mol. The third kappa shape index (κ3) is 4.61. The summed E-state index contributed by atoms with van der Waals surface area (Å²) in [5.74, 6) is 0.199. The Kier molecular flexibility index (Phi) is 6.31. The molecule has 188 valence electrons. The van der Waals surface area contributed by atoms with Gasteiger partial charge in [-0.3, -0.25) is 4.79 Å². The first-order valence-corrected chi connectivity index (χ1v) is 13.2. The number of hydrogen-bond donors (Lipinski definition) is 1. The molecule has 2 aromatic carbocycles. The van der Waals surface area contributed by atoms with Crippen LogP contribution in [0.1, 0.15) is 31.7 Å². The summed E-state index contributed by atoms with van der Waals surface area (Å²) in [5, 5.41) is 10.4. The maximum atomic E-state index is 13.3. The molecule has 1 atom stereocenters. The number of aromatic nitrogens is 2. The van der Waals surface area contributed by atoms with E-state index in [9.17, 15) is 18.3 Å². The Morgan fingerprint density at radius 1 is 1.22 bits per heavy atom. The lowest BCUT2D eigenvalue weighted by Crippen LogP contribution is -2.28. The highest BCUT2D eigenvalue weighted by Gasteiger charge is 2.34. The number of sulfonamides is 1. The number of carboxylic acids is 1. The van der Waals surface area contributed by atoms with Crippen molar-refractivity contribution >= 4 is 26.9 Å². The highest BCUT2D eigenvalue weighted by atomic mass is 32.2. The molecule has 0 radical (unpaired) electrons. The molecule has 3 heterocycles. The second-order valence-electron chi connectivity index (χ2n) is 9.19. The van der Waals surface area contributed by atoms with Gasteiger partial charge in [0, 0.05) is 41.7 Å². The van der Waals surface area contributed by atoms with Crippen molar-refractivity contribution in [2.75, 3.05) is 13.1 Å². The van der Waals surface area contributed by atoms with E-state index in [2.05, 4.69) is 4.98 Å². The fraction of sp³-hybridized carbons (Fsp3) is 0.308. The number of carbonyl (C=O) groups is 1. The van der Waals surface area contributed by atoms with Crippen LogP contribution in [0.4, 0.5) is 0 Å². The normalized spacial score (nSPS) is 16.7. The van der Waals surface area contributed by atoms with Crippen LogP contribution in [-0.4, -0.2) is 52.5 Å². The number of nitrogens with zero attached hydrogens (tertiary/aromatic N) is 3. The van der Waals surface area contributed by atoms with Gasteiger partial charge in [-0.15, -0.1) is 0 Å². The summed E-state index contributed by atoms with van der Waals surface area (Å²) in [4.78, 5) is 15.7. The molecule has 36 heavy (non-hydrogen) atoms. The Morgan fingerprint density at radius 3 is 2.67 bits per heavy atom. The average molecular weight is 510 g/mol. The molecule has 2 aromatic heterocycles. The minimum atomic E-state index is -3.67. The zero-order chi connectivity index (χ0) is 25.4. The largest absolute Gasteiger partial charge is 0.491 e. The van der Waals surface area contributed by atoms with E-state index in [0.717, 1.165) is 22.0 Å². The van der Waals surface area contributed by atoms with Crippen molar-refractivity contribution < 1.29 is 27.5 Å². The Labute approximate surface area is 209 Å². The van der Waals surface area contributed by atoms with Crippen molar-refractivity contribution in [3.63, 3.8) is 0 Å². The molecule has 0 saturated carbocycles. The molecule has 1 unspecified atom stereocenters. The predicted octanol–water partition coefficient (Wildman–Crippen LogP) is 4.35. The minimum Gasteiger partial charge on any atom is -0.491 e. The molecular weight excluding hydrogens is 482 g/mol. The summed E-state index contributed by atoms with van der Waals surface area (Å²) < 4.78 is 40.9. The summed E-state index contributed by atoms with van der Waals surface area (Å²) >= 11 is 0. The molecule has 1 saturated heterocycles. The molecule has 0 spiro atoms.